The number of phenolic OH excluding ortho intramolecular Hbond substituents is 2. The monoisotopic (exact) mass is 517 g/mol. The molecule has 11 nitrogen and oxygen atoms in total. The third-order valence-corrected chi connectivity index (χ3v) is 7.39. The van der Waals surface area contributed by atoms with E-state index in [0.717, 1.165) is 24.6 Å². The van der Waals surface area contributed by atoms with Crippen LogP contribution in [0.15, 0.2) is 22.7 Å². The minimum Gasteiger partial charge on any atom is -0.508 e. The maximum Gasteiger partial charge on any atom is 0.271 e. The van der Waals surface area contributed by atoms with Crippen LogP contribution in [0.5, 0.6) is 11.5 Å². The van der Waals surface area contributed by atoms with Gasteiger partial charge in [-0.2, -0.15) is 11.8 Å². The summed E-state index contributed by atoms with van der Waals surface area (Å²) in [4.78, 5) is 32.4. The van der Waals surface area contributed by atoms with E-state index in [-0.39, 0.29) is 40.9 Å². The van der Waals surface area contributed by atoms with Crippen LogP contribution in [0.25, 0.3) is 5.76 Å². The molecule has 2 aliphatic heterocycles. The molecule has 1 unspecified atom stereocenters. The number of phenols is 2. The summed E-state index contributed by atoms with van der Waals surface area (Å²) in [6, 6.07) is 3.05. The number of hydrogen-bond acceptors (Lipinski definition) is 10. The van der Waals surface area contributed by atoms with E-state index in [2.05, 4.69) is 15.5 Å². The van der Waals surface area contributed by atoms with Crippen LogP contribution < -0.4 is 16.9 Å². The summed E-state index contributed by atoms with van der Waals surface area (Å²) in [5, 5.41) is 24.3. The minimum atomic E-state index is -1.30. The number of amides is 2. The minimum absolute atomic E-state index is 0.0216. The zero-order chi connectivity index (χ0) is 26.0. The number of nitrogens with one attached hydrogen (secondary N) is 1. The smallest absolute Gasteiger partial charge is 0.271 e. The number of primary amides is 2. The van der Waals surface area contributed by atoms with Gasteiger partial charge in [-0.1, -0.05) is 19.0 Å². The van der Waals surface area contributed by atoms with Crippen LogP contribution >= 0.6 is 11.8 Å². The van der Waals surface area contributed by atoms with E-state index in [9.17, 15) is 19.8 Å². The summed E-state index contributed by atoms with van der Waals surface area (Å²) in [5.74, 6) is 0.955. The van der Waals surface area contributed by atoms with Crippen LogP contribution in [-0.4, -0.2) is 68.8 Å². The molecule has 0 aliphatic carbocycles. The Bertz CT molecular complexity index is 1190. The molecule has 36 heavy (non-hydrogen) atoms. The predicted molar refractivity (Wildman–Crippen MR) is 134 cm³/mol. The standard InChI is InChI=1S/C24H31N5O6S/c1-13(2)15-9-14(16(30)10-17(15)31)3-4-18-20(21(22(25)32)27-34-18)19-11-24(23(26)33,28-35-19)12-29-5-7-36-8-6-29/h9-11,13,28,30-31H,3-8,12H2,1-2H3,(H2,25,32)(H2,26,33). The maximum absolute atomic E-state index is 12.5. The van der Waals surface area contributed by atoms with Crippen molar-refractivity contribution in [2.45, 2.75) is 38.1 Å². The Morgan fingerprint density at radius 2 is 1.92 bits per heavy atom. The lowest BCUT2D eigenvalue weighted by molar-refractivity contribution is -0.125. The Labute approximate surface area is 212 Å². The number of aryl methyl sites for hydroxylation is 2. The highest BCUT2D eigenvalue weighted by Crippen LogP contribution is 2.35. The normalized spacial score (nSPS) is 20.4. The molecule has 0 spiro atoms. The SMILES string of the molecule is CC(C)c1cc(CCc2onc(C(N)=O)c2C2=CC(CN3CCSCC3)(C(N)=O)NO2)c(O)cc1O. The van der Waals surface area contributed by atoms with E-state index in [1.54, 1.807) is 12.1 Å². The summed E-state index contributed by atoms with van der Waals surface area (Å²) >= 11 is 1.85. The molecule has 2 amide bonds. The van der Waals surface area contributed by atoms with Crippen molar-refractivity contribution in [2.75, 3.05) is 31.1 Å². The van der Waals surface area contributed by atoms with Gasteiger partial charge in [0.05, 0.1) is 5.56 Å². The molecule has 1 saturated heterocycles. The second-order valence-electron chi connectivity index (χ2n) is 9.32. The zero-order valence-corrected chi connectivity index (χ0v) is 21.1. The van der Waals surface area contributed by atoms with Gasteiger partial charge in [0.25, 0.3) is 5.91 Å². The average Bonchev–Trinajstić information content (AvgIpc) is 3.44. The number of carbonyl (C=O) groups is 2. The van der Waals surface area contributed by atoms with Gasteiger partial charge in [-0.15, -0.1) is 5.48 Å². The van der Waals surface area contributed by atoms with Gasteiger partial charge >= 0.3 is 0 Å². The lowest BCUT2D eigenvalue weighted by Crippen LogP contribution is -2.58. The average molecular weight is 518 g/mol. The Morgan fingerprint density at radius 3 is 2.56 bits per heavy atom. The molecule has 1 aromatic carbocycles. The molecule has 1 fully saturated rings. The first-order chi connectivity index (χ1) is 17.1. The molecular formula is C24H31N5O6S. The Balaban J connectivity index is 1.64. The number of rotatable bonds is 9. The molecule has 194 valence electrons. The molecule has 12 heteroatoms. The number of hydrogen-bond donors (Lipinski definition) is 5. The van der Waals surface area contributed by atoms with Crippen LogP contribution in [0.3, 0.4) is 0 Å². The van der Waals surface area contributed by atoms with Gasteiger partial charge < -0.3 is 31.0 Å². The fourth-order valence-corrected chi connectivity index (χ4v) is 5.39. The highest BCUT2D eigenvalue weighted by atomic mass is 32.2. The number of aromatic hydroxyl groups is 2. The van der Waals surface area contributed by atoms with Gasteiger partial charge in [0.2, 0.25) is 5.91 Å². The van der Waals surface area contributed by atoms with Crippen LogP contribution in [0.1, 0.15) is 52.7 Å². The lowest BCUT2D eigenvalue weighted by Gasteiger charge is -2.32. The molecular weight excluding hydrogens is 486 g/mol. The number of carbonyl (C=O) groups excluding carboxylic acids is 2. The van der Waals surface area contributed by atoms with Crippen molar-refractivity contribution in [3.05, 3.63) is 46.4 Å². The molecule has 4 rings (SSSR count). The molecule has 1 atom stereocenters. The van der Waals surface area contributed by atoms with Gasteiger partial charge in [-0.25, -0.2) is 0 Å². The van der Waals surface area contributed by atoms with Crippen LogP contribution in [0.4, 0.5) is 0 Å². The fourth-order valence-electron chi connectivity index (χ4n) is 4.41. The first-order valence-corrected chi connectivity index (χ1v) is 12.9. The zero-order valence-electron chi connectivity index (χ0n) is 20.2. The third kappa shape index (κ3) is 5.15. The highest BCUT2D eigenvalue weighted by Gasteiger charge is 2.44. The van der Waals surface area contributed by atoms with E-state index in [1.165, 1.54) is 6.07 Å². The molecule has 2 aromatic rings. The first kappa shape index (κ1) is 25.9. The van der Waals surface area contributed by atoms with Crippen LogP contribution in [0.2, 0.25) is 0 Å². The Hall–Kier alpha value is -3.22. The predicted octanol–water partition coefficient (Wildman–Crippen LogP) is 1.24. The summed E-state index contributed by atoms with van der Waals surface area (Å²) < 4.78 is 5.45. The van der Waals surface area contributed by atoms with Crippen molar-refractivity contribution < 1.29 is 29.2 Å². The summed E-state index contributed by atoms with van der Waals surface area (Å²) in [6.45, 7) is 5.80. The summed E-state index contributed by atoms with van der Waals surface area (Å²) in [7, 11) is 0. The van der Waals surface area contributed by atoms with E-state index in [4.69, 9.17) is 20.8 Å². The van der Waals surface area contributed by atoms with Crippen molar-refractivity contribution in [1.29, 1.82) is 0 Å². The number of nitrogens with zero attached hydrogens (tertiary/aromatic N) is 2. The quantitative estimate of drug-likeness (QED) is 0.325. The molecule has 7 N–H and O–H groups in total. The Morgan fingerprint density at radius 1 is 1.19 bits per heavy atom. The van der Waals surface area contributed by atoms with Gasteiger partial charge in [0, 0.05) is 43.6 Å². The van der Waals surface area contributed by atoms with Crippen molar-refractivity contribution >= 4 is 29.3 Å². The van der Waals surface area contributed by atoms with Crippen molar-refractivity contribution in [2.24, 2.45) is 11.5 Å². The number of nitrogens with two attached hydrogens (primary N) is 2. The number of aromatic nitrogens is 1. The van der Waals surface area contributed by atoms with E-state index in [0.29, 0.717) is 29.9 Å². The Kier molecular flexibility index (Phi) is 7.48. The van der Waals surface area contributed by atoms with Crippen LogP contribution in [0, 0.1) is 0 Å². The lowest BCUT2D eigenvalue weighted by atomic mass is 9.94. The van der Waals surface area contributed by atoms with E-state index < -0.39 is 17.4 Å². The fraction of sp³-hybridized carbons (Fsp3) is 0.458. The van der Waals surface area contributed by atoms with Gasteiger partial charge in [0.1, 0.15) is 17.3 Å². The summed E-state index contributed by atoms with van der Waals surface area (Å²) in [5.41, 5.74) is 14.1. The molecule has 0 bridgehead atoms. The van der Waals surface area contributed by atoms with E-state index >= 15 is 0 Å². The molecule has 3 heterocycles. The van der Waals surface area contributed by atoms with E-state index in [1.807, 2.05) is 25.6 Å². The van der Waals surface area contributed by atoms with Crippen LogP contribution in [-0.2, 0) is 22.5 Å². The largest absolute Gasteiger partial charge is 0.508 e. The molecule has 1 aromatic heterocycles. The van der Waals surface area contributed by atoms with Gasteiger partial charge in [0.15, 0.2) is 17.0 Å². The second-order valence-corrected chi connectivity index (χ2v) is 10.5. The maximum atomic E-state index is 12.5. The van der Waals surface area contributed by atoms with Crippen molar-refractivity contribution in [1.82, 2.24) is 15.5 Å². The van der Waals surface area contributed by atoms with Crippen molar-refractivity contribution in [3.8, 4) is 11.5 Å². The molecule has 0 saturated carbocycles. The number of benzene rings is 1. The number of thioether (sulfide) groups is 1. The first-order valence-electron chi connectivity index (χ1n) is 11.7. The van der Waals surface area contributed by atoms with Gasteiger partial charge in [-0.3, -0.25) is 14.5 Å². The van der Waals surface area contributed by atoms with Crippen molar-refractivity contribution in [3.63, 3.8) is 0 Å². The topological polar surface area (TPSA) is 177 Å². The van der Waals surface area contributed by atoms with Gasteiger partial charge in [-0.05, 0) is 35.6 Å². The molecule has 0 radical (unpaired) electrons. The number of hydroxylamine groups is 1. The molecule has 2 aliphatic rings. The highest BCUT2D eigenvalue weighted by molar-refractivity contribution is 7.99. The summed E-state index contributed by atoms with van der Waals surface area (Å²) in [6.07, 6.45) is 2.10. The second kappa shape index (κ2) is 10.4. The third-order valence-electron chi connectivity index (χ3n) is 6.45.